The summed E-state index contributed by atoms with van der Waals surface area (Å²) in [6.07, 6.45) is -1.05. The average Bonchev–Trinajstić information content (AvgIpc) is 3.13. The van der Waals surface area contributed by atoms with Gasteiger partial charge in [0.1, 0.15) is 13.1 Å². The van der Waals surface area contributed by atoms with Gasteiger partial charge < -0.3 is 10.6 Å². The molecule has 1 fully saturated rings. The quantitative estimate of drug-likeness (QED) is 0.828. The van der Waals surface area contributed by atoms with Crippen LogP contribution in [0, 0.1) is 0 Å². The van der Waals surface area contributed by atoms with Gasteiger partial charge in [-0.05, 0) is 12.8 Å². The van der Waals surface area contributed by atoms with Crippen LogP contribution in [0.15, 0.2) is 17.1 Å². The number of nitrogens with zero attached hydrogens (tertiary/aromatic N) is 2. The first-order chi connectivity index (χ1) is 9.33. The molecule has 1 amide bonds. The number of halogens is 3. The first-order valence-electron chi connectivity index (χ1n) is 6.01. The molecule has 20 heavy (non-hydrogen) atoms. The number of nitrogens with one attached hydrogen (secondary N) is 2. The normalized spacial score (nSPS) is 14.9. The molecule has 1 saturated carbocycles. The molecule has 0 aliphatic heterocycles. The van der Waals surface area contributed by atoms with Crippen LogP contribution >= 0.6 is 0 Å². The highest BCUT2D eigenvalue weighted by molar-refractivity contribution is 5.75. The Hall–Kier alpha value is -2.06. The second kappa shape index (κ2) is 5.51. The highest BCUT2D eigenvalue weighted by Crippen LogP contribution is 2.23. The van der Waals surface area contributed by atoms with E-state index in [9.17, 15) is 22.8 Å². The van der Waals surface area contributed by atoms with Gasteiger partial charge in [-0.1, -0.05) is 0 Å². The summed E-state index contributed by atoms with van der Waals surface area (Å²) in [5.74, 6) is -0.917. The van der Waals surface area contributed by atoms with E-state index in [4.69, 9.17) is 0 Å². The van der Waals surface area contributed by atoms with Crippen molar-refractivity contribution in [2.24, 2.45) is 0 Å². The number of hydrogen-bond donors (Lipinski definition) is 2. The van der Waals surface area contributed by atoms with Crippen LogP contribution in [0.25, 0.3) is 0 Å². The molecule has 0 atom stereocenters. The van der Waals surface area contributed by atoms with Gasteiger partial charge in [-0.15, -0.1) is 0 Å². The van der Waals surface area contributed by atoms with E-state index in [1.807, 2.05) is 0 Å². The summed E-state index contributed by atoms with van der Waals surface area (Å²) in [6.45, 7) is -1.97. The van der Waals surface area contributed by atoms with E-state index in [0.29, 0.717) is 11.7 Å². The minimum Gasteiger partial charge on any atom is -0.381 e. The molecule has 1 aromatic heterocycles. The molecule has 1 heterocycles. The Balaban J connectivity index is 1.91. The van der Waals surface area contributed by atoms with E-state index >= 15 is 0 Å². The van der Waals surface area contributed by atoms with Gasteiger partial charge in [0.25, 0.3) is 5.56 Å². The van der Waals surface area contributed by atoms with Crippen molar-refractivity contribution in [3.63, 3.8) is 0 Å². The molecule has 0 bridgehead atoms. The van der Waals surface area contributed by atoms with E-state index < -0.39 is 30.7 Å². The maximum Gasteiger partial charge on any atom is 0.405 e. The Kier molecular flexibility index (Phi) is 3.96. The van der Waals surface area contributed by atoms with Crippen molar-refractivity contribution < 1.29 is 18.0 Å². The third kappa shape index (κ3) is 4.56. The summed E-state index contributed by atoms with van der Waals surface area (Å²) in [6, 6.07) is 1.62. The predicted octanol–water partition coefficient (Wildman–Crippen LogP) is 0.496. The van der Waals surface area contributed by atoms with Gasteiger partial charge >= 0.3 is 6.18 Å². The van der Waals surface area contributed by atoms with Crippen LogP contribution < -0.4 is 16.2 Å². The molecule has 1 aromatic rings. The summed E-state index contributed by atoms with van der Waals surface area (Å²) >= 11 is 0. The molecule has 1 aliphatic rings. The molecular weight excluding hydrogens is 277 g/mol. The van der Waals surface area contributed by atoms with Crippen molar-refractivity contribution in [3.8, 4) is 0 Å². The molecule has 0 spiro atoms. The van der Waals surface area contributed by atoms with Gasteiger partial charge in [0.2, 0.25) is 5.91 Å². The lowest BCUT2D eigenvalue weighted by molar-refractivity contribution is -0.138. The van der Waals surface area contributed by atoms with E-state index in [2.05, 4.69) is 10.4 Å². The molecule has 2 rings (SSSR count). The molecule has 110 valence electrons. The van der Waals surface area contributed by atoms with Crippen LogP contribution in [0.3, 0.4) is 0 Å². The van der Waals surface area contributed by atoms with Crippen LogP contribution in [-0.4, -0.2) is 34.5 Å². The third-order valence-corrected chi connectivity index (χ3v) is 2.60. The first kappa shape index (κ1) is 14.4. The fraction of sp³-hybridized carbons (Fsp3) is 0.545. The number of hydrogen-bond acceptors (Lipinski definition) is 4. The van der Waals surface area contributed by atoms with Crippen LogP contribution in [0.2, 0.25) is 0 Å². The molecule has 2 N–H and O–H groups in total. The fourth-order valence-corrected chi connectivity index (χ4v) is 1.49. The lowest BCUT2D eigenvalue weighted by atomic mass is 10.4. The SMILES string of the molecule is O=C(Cn1ncc(NC2CC2)cc1=O)NCC(F)(F)F. The van der Waals surface area contributed by atoms with Gasteiger partial charge in [-0.25, -0.2) is 4.68 Å². The Morgan fingerprint density at radius 3 is 2.70 bits per heavy atom. The van der Waals surface area contributed by atoms with Crippen molar-refractivity contribution in [3.05, 3.63) is 22.6 Å². The topological polar surface area (TPSA) is 76.0 Å². The number of rotatable bonds is 5. The molecule has 6 nitrogen and oxygen atoms in total. The van der Waals surface area contributed by atoms with Crippen LogP contribution in [-0.2, 0) is 11.3 Å². The van der Waals surface area contributed by atoms with Crippen molar-refractivity contribution in [2.45, 2.75) is 31.6 Å². The average molecular weight is 290 g/mol. The predicted molar refractivity (Wildman–Crippen MR) is 64.2 cm³/mol. The second-order valence-electron chi connectivity index (χ2n) is 4.55. The smallest absolute Gasteiger partial charge is 0.381 e. The van der Waals surface area contributed by atoms with Crippen molar-refractivity contribution in [2.75, 3.05) is 11.9 Å². The van der Waals surface area contributed by atoms with E-state index in [1.54, 1.807) is 5.32 Å². The third-order valence-electron chi connectivity index (χ3n) is 2.60. The minimum absolute atomic E-state index is 0.349. The summed E-state index contributed by atoms with van der Waals surface area (Å²) in [5.41, 5.74) is 0.00209. The number of carbonyl (C=O) groups is 1. The summed E-state index contributed by atoms with van der Waals surface area (Å²) in [5, 5.41) is 8.48. The number of anilines is 1. The lowest BCUT2D eigenvalue weighted by Gasteiger charge is -2.09. The first-order valence-corrected chi connectivity index (χ1v) is 6.01. The molecule has 0 saturated heterocycles. The summed E-state index contributed by atoms with van der Waals surface area (Å²) < 4.78 is 36.5. The van der Waals surface area contributed by atoms with Crippen LogP contribution in [0.5, 0.6) is 0 Å². The van der Waals surface area contributed by atoms with Gasteiger partial charge in [0.15, 0.2) is 0 Å². The number of carbonyl (C=O) groups excluding carboxylic acids is 1. The van der Waals surface area contributed by atoms with Gasteiger partial charge in [0, 0.05) is 12.1 Å². The van der Waals surface area contributed by atoms with Gasteiger partial charge in [-0.3, -0.25) is 9.59 Å². The maximum atomic E-state index is 11.9. The maximum absolute atomic E-state index is 11.9. The zero-order valence-corrected chi connectivity index (χ0v) is 10.4. The van der Waals surface area contributed by atoms with E-state index in [0.717, 1.165) is 17.5 Å². The highest BCUT2D eigenvalue weighted by atomic mass is 19.4. The molecule has 9 heteroatoms. The van der Waals surface area contributed by atoms with Gasteiger partial charge in [-0.2, -0.15) is 18.3 Å². The summed E-state index contributed by atoms with van der Waals surface area (Å²) in [4.78, 5) is 22.9. The highest BCUT2D eigenvalue weighted by Gasteiger charge is 2.27. The Labute approximate surface area is 112 Å². The fourth-order valence-electron chi connectivity index (χ4n) is 1.49. The number of amides is 1. The Bertz CT molecular complexity index is 551. The lowest BCUT2D eigenvalue weighted by Crippen LogP contribution is -2.38. The standard InChI is InChI=1S/C11H13F3N4O2/c12-11(13,14)6-15-9(19)5-18-10(20)3-8(4-16-18)17-7-1-2-7/h3-4,7,17H,1-2,5-6H2,(H,15,19). The van der Waals surface area contributed by atoms with Crippen molar-refractivity contribution in [1.29, 1.82) is 0 Å². The zero-order valence-electron chi connectivity index (χ0n) is 10.4. The molecular formula is C11H13F3N4O2. The Morgan fingerprint density at radius 2 is 2.15 bits per heavy atom. The van der Waals surface area contributed by atoms with Crippen LogP contribution in [0.4, 0.5) is 18.9 Å². The van der Waals surface area contributed by atoms with Crippen LogP contribution in [0.1, 0.15) is 12.8 Å². The van der Waals surface area contributed by atoms with E-state index in [1.165, 1.54) is 12.3 Å². The molecule has 1 aliphatic carbocycles. The largest absolute Gasteiger partial charge is 0.405 e. The van der Waals surface area contributed by atoms with Crippen molar-refractivity contribution >= 4 is 11.6 Å². The second-order valence-corrected chi connectivity index (χ2v) is 4.55. The summed E-state index contributed by atoms with van der Waals surface area (Å²) in [7, 11) is 0. The van der Waals surface area contributed by atoms with E-state index in [-0.39, 0.29) is 0 Å². The number of aromatic nitrogens is 2. The van der Waals surface area contributed by atoms with Crippen molar-refractivity contribution in [1.82, 2.24) is 15.1 Å². The zero-order chi connectivity index (χ0) is 14.8. The minimum atomic E-state index is -4.48. The Morgan fingerprint density at radius 1 is 1.45 bits per heavy atom. The molecule has 0 radical (unpaired) electrons. The van der Waals surface area contributed by atoms with Gasteiger partial charge in [0.05, 0.1) is 11.9 Å². The molecule has 0 aromatic carbocycles. The number of alkyl halides is 3. The molecule has 0 unspecified atom stereocenters. The monoisotopic (exact) mass is 290 g/mol.